The highest BCUT2D eigenvalue weighted by Gasteiger charge is 2.22. The summed E-state index contributed by atoms with van der Waals surface area (Å²) in [6, 6.07) is 0. The van der Waals surface area contributed by atoms with Crippen LogP contribution in [0.15, 0.2) is 17.0 Å². The van der Waals surface area contributed by atoms with Crippen molar-refractivity contribution < 1.29 is 8.42 Å². The van der Waals surface area contributed by atoms with Gasteiger partial charge in [-0.15, -0.1) is 6.58 Å². The van der Waals surface area contributed by atoms with E-state index in [0.717, 1.165) is 12.0 Å². The van der Waals surface area contributed by atoms with Crippen LogP contribution in [0.1, 0.15) is 24.7 Å². The molecule has 0 saturated heterocycles. The molecule has 0 fully saturated rings. The second-order valence-corrected chi connectivity index (χ2v) is 6.37. The van der Waals surface area contributed by atoms with E-state index in [4.69, 9.17) is 10.7 Å². The van der Waals surface area contributed by atoms with Crippen LogP contribution < -0.4 is 0 Å². The van der Waals surface area contributed by atoms with Crippen molar-refractivity contribution in [1.29, 1.82) is 0 Å². The Bertz CT molecular complexity index is 517. The molecule has 0 amide bonds. The summed E-state index contributed by atoms with van der Waals surface area (Å²) < 4.78 is 24.3. The molecular weight excluding hydrogens is 248 g/mol. The predicted molar refractivity (Wildman–Crippen MR) is 64.2 cm³/mol. The molecule has 0 saturated carbocycles. The van der Waals surface area contributed by atoms with E-state index in [1.54, 1.807) is 18.5 Å². The summed E-state index contributed by atoms with van der Waals surface area (Å²) in [6.07, 6.45) is 0.768. The Labute approximate surface area is 100 Å². The van der Waals surface area contributed by atoms with E-state index < -0.39 is 9.05 Å². The number of nitrogens with zero attached hydrogens (tertiary/aromatic N) is 2. The summed E-state index contributed by atoms with van der Waals surface area (Å²) in [4.78, 5) is 0.121. The molecule has 0 atom stereocenters. The molecule has 0 aliphatic heterocycles. The van der Waals surface area contributed by atoms with Crippen LogP contribution >= 0.6 is 10.7 Å². The first-order valence-corrected chi connectivity index (χ1v) is 7.17. The van der Waals surface area contributed by atoms with E-state index in [1.807, 2.05) is 6.92 Å². The second kappa shape index (κ2) is 4.59. The van der Waals surface area contributed by atoms with Crippen LogP contribution in [0.4, 0.5) is 0 Å². The first-order valence-electron chi connectivity index (χ1n) is 4.86. The maximum absolute atomic E-state index is 11.3. The Morgan fingerprint density at radius 3 is 2.44 bits per heavy atom. The predicted octanol–water partition coefficient (Wildman–Crippen LogP) is 2.39. The Balaban J connectivity index is 3.12. The molecule has 0 spiro atoms. The SMILES string of the molecule is C=C(C)CCn1nc(C)c(S(=O)(=O)Cl)c1C. The molecule has 0 radical (unpaired) electrons. The van der Waals surface area contributed by atoms with Gasteiger partial charge in [-0.05, 0) is 27.2 Å². The highest BCUT2D eigenvalue weighted by atomic mass is 35.7. The lowest BCUT2D eigenvalue weighted by Gasteiger charge is -2.03. The molecule has 1 aromatic rings. The van der Waals surface area contributed by atoms with Gasteiger partial charge >= 0.3 is 0 Å². The van der Waals surface area contributed by atoms with Crippen LogP contribution in [-0.2, 0) is 15.6 Å². The molecule has 0 aromatic carbocycles. The zero-order valence-corrected chi connectivity index (χ0v) is 11.2. The summed E-state index contributed by atoms with van der Waals surface area (Å²) in [5.41, 5.74) is 2.05. The number of aryl methyl sites for hydroxylation is 2. The topological polar surface area (TPSA) is 52.0 Å². The van der Waals surface area contributed by atoms with E-state index >= 15 is 0 Å². The molecule has 0 bridgehead atoms. The number of halogens is 1. The largest absolute Gasteiger partial charge is 0.268 e. The second-order valence-electron chi connectivity index (χ2n) is 3.87. The van der Waals surface area contributed by atoms with Crippen LogP contribution in [0.25, 0.3) is 0 Å². The van der Waals surface area contributed by atoms with Crippen molar-refractivity contribution in [2.24, 2.45) is 0 Å². The maximum Gasteiger partial charge on any atom is 0.264 e. The molecule has 0 aliphatic rings. The lowest BCUT2D eigenvalue weighted by atomic mass is 10.2. The van der Waals surface area contributed by atoms with Gasteiger partial charge in [-0.25, -0.2) is 8.42 Å². The van der Waals surface area contributed by atoms with Gasteiger partial charge in [0.05, 0.1) is 11.4 Å². The van der Waals surface area contributed by atoms with Crippen LogP contribution in [0.2, 0.25) is 0 Å². The zero-order chi connectivity index (χ0) is 12.5. The lowest BCUT2D eigenvalue weighted by molar-refractivity contribution is 0.588. The van der Waals surface area contributed by atoms with Crippen molar-refractivity contribution in [2.75, 3.05) is 0 Å². The quantitative estimate of drug-likeness (QED) is 0.618. The zero-order valence-electron chi connectivity index (χ0n) is 9.62. The average molecular weight is 263 g/mol. The van der Waals surface area contributed by atoms with Crippen molar-refractivity contribution in [3.63, 3.8) is 0 Å². The minimum absolute atomic E-state index is 0.121. The van der Waals surface area contributed by atoms with Gasteiger partial charge < -0.3 is 0 Å². The van der Waals surface area contributed by atoms with Gasteiger partial charge in [0.25, 0.3) is 9.05 Å². The highest BCUT2D eigenvalue weighted by Crippen LogP contribution is 2.23. The number of rotatable bonds is 4. The van der Waals surface area contributed by atoms with Gasteiger partial charge in [0.15, 0.2) is 0 Å². The monoisotopic (exact) mass is 262 g/mol. The van der Waals surface area contributed by atoms with E-state index in [9.17, 15) is 8.42 Å². The van der Waals surface area contributed by atoms with Gasteiger partial charge in [0.1, 0.15) is 4.90 Å². The summed E-state index contributed by atoms with van der Waals surface area (Å²) in [6.45, 7) is 9.67. The summed E-state index contributed by atoms with van der Waals surface area (Å²) >= 11 is 0. The van der Waals surface area contributed by atoms with Crippen molar-refractivity contribution in [1.82, 2.24) is 9.78 Å². The molecule has 0 N–H and O–H groups in total. The van der Waals surface area contributed by atoms with Crippen LogP contribution in [0.5, 0.6) is 0 Å². The fraction of sp³-hybridized carbons (Fsp3) is 0.500. The van der Waals surface area contributed by atoms with Gasteiger partial charge in [0.2, 0.25) is 0 Å². The molecule has 4 nitrogen and oxygen atoms in total. The smallest absolute Gasteiger partial charge is 0.264 e. The van der Waals surface area contributed by atoms with Crippen molar-refractivity contribution in [3.8, 4) is 0 Å². The van der Waals surface area contributed by atoms with Crippen LogP contribution in [0.3, 0.4) is 0 Å². The first kappa shape index (κ1) is 13.3. The summed E-state index contributed by atoms with van der Waals surface area (Å²) in [5.74, 6) is 0. The fourth-order valence-corrected chi connectivity index (χ4v) is 3.07. The molecule has 1 heterocycles. The molecule has 0 aliphatic carbocycles. The number of hydrogen-bond donors (Lipinski definition) is 0. The fourth-order valence-electron chi connectivity index (χ4n) is 1.55. The third-order valence-corrected chi connectivity index (χ3v) is 3.85. The summed E-state index contributed by atoms with van der Waals surface area (Å²) in [7, 11) is 1.63. The van der Waals surface area contributed by atoms with Crippen LogP contribution in [0, 0.1) is 13.8 Å². The van der Waals surface area contributed by atoms with Gasteiger partial charge in [-0.1, -0.05) is 5.57 Å². The minimum Gasteiger partial charge on any atom is -0.268 e. The van der Waals surface area contributed by atoms with E-state index in [1.165, 1.54) is 0 Å². The molecule has 1 rings (SSSR count). The third-order valence-electron chi connectivity index (χ3n) is 2.31. The van der Waals surface area contributed by atoms with E-state index in [-0.39, 0.29) is 4.90 Å². The third kappa shape index (κ3) is 2.86. The molecule has 16 heavy (non-hydrogen) atoms. The van der Waals surface area contributed by atoms with Crippen molar-refractivity contribution in [2.45, 2.75) is 38.6 Å². The standard InChI is InChI=1S/C10H15ClN2O2S/c1-7(2)5-6-13-9(4)10(8(3)12-13)16(11,14)15/h1,5-6H2,2-4H3. The Hall–Kier alpha value is -0.810. The molecule has 1 aromatic heterocycles. The average Bonchev–Trinajstić information content (AvgIpc) is 2.36. The molecule has 6 heteroatoms. The normalized spacial score (nSPS) is 11.8. The van der Waals surface area contributed by atoms with Crippen molar-refractivity contribution in [3.05, 3.63) is 23.5 Å². The van der Waals surface area contributed by atoms with Crippen LogP contribution in [-0.4, -0.2) is 18.2 Å². The Morgan fingerprint density at radius 1 is 1.50 bits per heavy atom. The summed E-state index contributed by atoms with van der Waals surface area (Å²) in [5, 5.41) is 4.16. The Morgan fingerprint density at radius 2 is 2.06 bits per heavy atom. The molecule has 0 unspecified atom stereocenters. The maximum atomic E-state index is 11.3. The van der Waals surface area contributed by atoms with Gasteiger partial charge in [-0.2, -0.15) is 5.10 Å². The van der Waals surface area contributed by atoms with Gasteiger partial charge in [-0.3, -0.25) is 4.68 Å². The molecular formula is C10H15ClN2O2S. The number of allylic oxidation sites excluding steroid dienone is 1. The number of hydrogen-bond acceptors (Lipinski definition) is 3. The van der Waals surface area contributed by atoms with E-state index in [2.05, 4.69) is 11.7 Å². The van der Waals surface area contributed by atoms with E-state index in [0.29, 0.717) is 17.9 Å². The van der Waals surface area contributed by atoms with Gasteiger partial charge in [0, 0.05) is 17.2 Å². The highest BCUT2D eigenvalue weighted by molar-refractivity contribution is 8.13. The minimum atomic E-state index is -3.72. The molecule has 90 valence electrons. The number of aromatic nitrogens is 2. The first-order chi connectivity index (χ1) is 7.23. The van der Waals surface area contributed by atoms with Crippen molar-refractivity contribution >= 4 is 19.7 Å². The Kier molecular flexibility index (Phi) is 3.80. The lowest BCUT2D eigenvalue weighted by Crippen LogP contribution is -2.03.